The average Bonchev–Trinajstić information content (AvgIpc) is 2.41. The minimum absolute atomic E-state index is 0.129. The van der Waals surface area contributed by atoms with Gasteiger partial charge in [0.1, 0.15) is 12.7 Å². The summed E-state index contributed by atoms with van der Waals surface area (Å²) in [6, 6.07) is 0.323. The highest BCUT2D eigenvalue weighted by Gasteiger charge is 2.26. The van der Waals surface area contributed by atoms with E-state index in [1.807, 2.05) is 20.8 Å². The lowest BCUT2D eigenvalue weighted by molar-refractivity contribution is -0.0944. The van der Waals surface area contributed by atoms with Gasteiger partial charge in [-0.15, -0.1) is 0 Å². The largest absolute Gasteiger partial charge is 0.474 e. The van der Waals surface area contributed by atoms with Crippen LogP contribution in [0, 0.1) is 0 Å². The Morgan fingerprint density at radius 2 is 2.05 bits per heavy atom. The first-order chi connectivity index (χ1) is 9.43. The van der Waals surface area contributed by atoms with Crippen molar-refractivity contribution in [2.45, 2.75) is 39.3 Å². The number of nitrogens with one attached hydrogen (secondary N) is 1. The van der Waals surface area contributed by atoms with Gasteiger partial charge >= 0.3 is 7.82 Å². The van der Waals surface area contributed by atoms with Crippen molar-refractivity contribution in [3.05, 3.63) is 0 Å². The molecule has 0 saturated heterocycles. The molecule has 0 saturated carbocycles. The average molecular weight is 314 g/mol. The Bertz CT molecular complexity index is 277. The van der Waals surface area contributed by atoms with E-state index < -0.39 is 13.9 Å². The van der Waals surface area contributed by atoms with Gasteiger partial charge in [-0.25, -0.2) is 4.57 Å². The molecule has 0 aliphatic carbocycles. The molecule has 0 bridgehead atoms. The normalized spacial score (nSPS) is 16.3. The summed E-state index contributed by atoms with van der Waals surface area (Å²) in [5.41, 5.74) is 0. The van der Waals surface area contributed by atoms with E-state index in [0.29, 0.717) is 19.2 Å². The van der Waals surface area contributed by atoms with E-state index in [4.69, 9.17) is 13.6 Å². The van der Waals surface area contributed by atoms with Crippen molar-refractivity contribution in [1.82, 2.24) is 5.32 Å². The van der Waals surface area contributed by atoms with Crippen molar-refractivity contribution in [3.63, 3.8) is 0 Å². The van der Waals surface area contributed by atoms with Crippen LogP contribution in [-0.4, -0.2) is 62.1 Å². The molecular weight excluding hydrogens is 285 g/mol. The van der Waals surface area contributed by atoms with Crippen molar-refractivity contribution in [1.29, 1.82) is 0 Å². The maximum absolute atomic E-state index is 12.0. The lowest BCUT2D eigenvalue weighted by atomic mass is 10.4. The first-order valence-corrected chi connectivity index (χ1v) is 8.39. The number of hydrogen-bond donors (Lipinski definition) is 2. The van der Waals surface area contributed by atoms with Gasteiger partial charge in [0.05, 0.1) is 13.2 Å². The second kappa shape index (κ2) is 11.6. The molecule has 20 heavy (non-hydrogen) atoms. The number of aliphatic hydroxyl groups excluding tert-OH is 1. The van der Waals surface area contributed by atoms with Crippen LogP contribution in [0.4, 0.5) is 0 Å². The number of hydrogen-bond acceptors (Lipinski definition) is 6. The fraction of sp³-hybridized carbons (Fsp3) is 1.00. The van der Waals surface area contributed by atoms with Crippen LogP contribution in [0.25, 0.3) is 0 Å². The molecule has 0 aromatic rings. The van der Waals surface area contributed by atoms with Crippen molar-refractivity contribution in [2.24, 2.45) is 0 Å². The fourth-order valence-electron chi connectivity index (χ4n) is 1.28. The second-order valence-corrected chi connectivity index (χ2v) is 6.43. The van der Waals surface area contributed by atoms with Gasteiger partial charge in [0.15, 0.2) is 6.61 Å². The lowest BCUT2D eigenvalue weighted by Gasteiger charge is -2.18. The molecule has 0 aliphatic heterocycles. The quantitative estimate of drug-likeness (QED) is 0.300. The molecule has 2 unspecified atom stereocenters. The highest BCUT2D eigenvalue weighted by atomic mass is 31.2. The summed E-state index contributed by atoms with van der Waals surface area (Å²) in [6.45, 7) is 7.58. The minimum Gasteiger partial charge on any atom is -0.432 e. The number of aliphatic hydroxyl groups is 3. The molecule has 0 fully saturated rings. The third-order valence-electron chi connectivity index (χ3n) is 2.27. The highest BCUT2D eigenvalue weighted by molar-refractivity contribution is 7.48. The molecule has 0 radical (unpaired) electrons. The molecule has 0 aliphatic rings. The SMILES string of the molecule is CCC[OH+]CC(O)COP(=O)(OC)OCCNC(C)C. The minimum atomic E-state index is -3.59. The van der Waals surface area contributed by atoms with Crippen molar-refractivity contribution in [2.75, 3.05) is 40.1 Å². The second-order valence-electron chi connectivity index (χ2n) is 4.65. The Labute approximate surface area is 121 Å². The third kappa shape index (κ3) is 10.7. The summed E-state index contributed by atoms with van der Waals surface area (Å²) in [7, 11) is -2.34. The zero-order valence-electron chi connectivity index (χ0n) is 12.9. The topological polar surface area (TPSA) is 89.8 Å². The predicted octanol–water partition coefficient (Wildman–Crippen LogP) is 1.07. The Morgan fingerprint density at radius 3 is 2.60 bits per heavy atom. The number of ether oxygens (including phenoxy) is 1. The predicted molar refractivity (Wildman–Crippen MR) is 77.9 cm³/mol. The van der Waals surface area contributed by atoms with Gasteiger partial charge in [-0.3, -0.25) is 13.6 Å². The van der Waals surface area contributed by atoms with Crippen molar-refractivity contribution < 1.29 is 28.0 Å². The molecule has 0 amide bonds. The Hall–Kier alpha value is -0.0100. The van der Waals surface area contributed by atoms with E-state index in [0.717, 1.165) is 6.42 Å². The summed E-state index contributed by atoms with van der Waals surface area (Å²) in [6.07, 6.45) is 0.123. The van der Waals surface area contributed by atoms with Gasteiger partial charge in [-0.05, 0) is 0 Å². The van der Waals surface area contributed by atoms with E-state index in [9.17, 15) is 9.67 Å². The van der Waals surface area contributed by atoms with Crippen LogP contribution in [0.5, 0.6) is 0 Å². The van der Waals surface area contributed by atoms with Crippen LogP contribution in [0.15, 0.2) is 0 Å². The maximum atomic E-state index is 12.0. The molecule has 0 spiro atoms. The molecular formula is C12H29NO6P+. The van der Waals surface area contributed by atoms with Gasteiger partial charge in [0.25, 0.3) is 0 Å². The summed E-state index contributed by atoms with van der Waals surface area (Å²) in [4.78, 5) is 0. The zero-order valence-corrected chi connectivity index (χ0v) is 13.8. The smallest absolute Gasteiger partial charge is 0.432 e. The summed E-state index contributed by atoms with van der Waals surface area (Å²) >= 11 is 0. The Kier molecular flexibility index (Phi) is 11.6. The number of phosphoric acid groups is 1. The number of rotatable bonds is 13. The summed E-state index contributed by atoms with van der Waals surface area (Å²) < 4.78 is 31.1. The van der Waals surface area contributed by atoms with Crippen LogP contribution in [0.1, 0.15) is 27.2 Å². The molecule has 0 aromatic heterocycles. The van der Waals surface area contributed by atoms with Gasteiger partial charge in [0, 0.05) is 26.1 Å². The Balaban J connectivity index is 3.89. The lowest BCUT2D eigenvalue weighted by Crippen LogP contribution is -2.27. The molecule has 7 nitrogen and oxygen atoms in total. The van der Waals surface area contributed by atoms with Gasteiger partial charge < -0.3 is 15.2 Å². The monoisotopic (exact) mass is 314 g/mol. The molecule has 0 rings (SSSR count). The summed E-state index contributed by atoms with van der Waals surface area (Å²) in [5.74, 6) is 0. The van der Waals surface area contributed by atoms with E-state index >= 15 is 0 Å². The molecule has 122 valence electrons. The molecule has 3 N–H and O–H groups in total. The standard InChI is InChI=1S/C12H28NO6P/c1-5-7-17-9-12(14)10-19-20(15,16-4)18-8-6-13-11(2)3/h11-14H,5-10H2,1-4H3/p+1. The van der Waals surface area contributed by atoms with E-state index in [1.165, 1.54) is 7.11 Å². The molecule has 2 atom stereocenters. The van der Waals surface area contributed by atoms with Gasteiger partial charge in [-0.1, -0.05) is 20.8 Å². The zero-order chi connectivity index (χ0) is 15.4. The maximum Gasteiger partial charge on any atom is 0.474 e. The van der Waals surface area contributed by atoms with Crippen LogP contribution < -0.4 is 5.32 Å². The van der Waals surface area contributed by atoms with Crippen molar-refractivity contribution >= 4 is 7.82 Å². The Morgan fingerprint density at radius 1 is 1.35 bits per heavy atom. The third-order valence-corrected chi connectivity index (χ3v) is 3.69. The molecule has 0 heterocycles. The fourth-order valence-corrected chi connectivity index (χ4v) is 2.23. The van der Waals surface area contributed by atoms with Crippen LogP contribution in [-0.2, 0) is 18.1 Å². The van der Waals surface area contributed by atoms with Crippen LogP contribution in [0.2, 0.25) is 0 Å². The number of phosphoric ester groups is 1. The first-order valence-electron chi connectivity index (χ1n) is 6.93. The van der Waals surface area contributed by atoms with Crippen LogP contribution >= 0.6 is 7.82 Å². The molecule has 0 aromatic carbocycles. The van der Waals surface area contributed by atoms with E-state index in [2.05, 4.69) is 10.1 Å². The van der Waals surface area contributed by atoms with Gasteiger partial charge in [-0.2, -0.15) is 0 Å². The summed E-state index contributed by atoms with van der Waals surface area (Å²) in [5, 5.41) is 12.7. The van der Waals surface area contributed by atoms with E-state index in [1.54, 1.807) is 0 Å². The van der Waals surface area contributed by atoms with Crippen molar-refractivity contribution in [3.8, 4) is 0 Å². The first kappa shape index (κ1) is 20.0. The van der Waals surface area contributed by atoms with E-state index in [-0.39, 0.29) is 19.8 Å². The van der Waals surface area contributed by atoms with Gasteiger partial charge in [0.2, 0.25) is 0 Å². The van der Waals surface area contributed by atoms with Crippen LogP contribution in [0.3, 0.4) is 0 Å². The highest BCUT2D eigenvalue weighted by Crippen LogP contribution is 2.48. The molecule has 8 heteroatoms.